The van der Waals surface area contributed by atoms with Crippen LogP contribution in [0.15, 0.2) is 53.7 Å². The monoisotopic (exact) mass is 822 g/mol. The largest absolute Gasteiger partial charge is 0.432 e. The van der Waals surface area contributed by atoms with E-state index in [-0.39, 0.29) is 17.7 Å². The minimum atomic E-state index is -2.93. The topological polar surface area (TPSA) is 187 Å². The Balaban J connectivity index is 0.000000240. The first-order chi connectivity index (χ1) is 28.0. The molecule has 0 spiro atoms. The lowest BCUT2D eigenvalue weighted by Gasteiger charge is -2.31. The summed E-state index contributed by atoms with van der Waals surface area (Å²) < 4.78 is 45.5. The predicted octanol–water partition coefficient (Wildman–Crippen LogP) is 4.67. The molecule has 2 aliphatic heterocycles. The number of aldehydes is 2. The SMILES string of the molecule is CC(C=O)Cc1cc(S(=O)N2CCC(Nc3ncc(OC(F)F)cn3)CC2)ccc1C#N.CNc1nn(C)c2cc(C3CCN(C)CC3)ccc12.O=CCCNC=O. The third-order valence-electron chi connectivity index (χ3n) is 9.84. The number of amides is 1. The maximum Gasteiger partial charge on any atom is 0.387 e. The summed E-state index contributed by atoms with van der Waals surface area (Å²) >= 11 is 0. The second-order valence-electron chi connectivity index (χ2n) is 14.1. The molecule has 2 aliphatic rings. The van der Waals surface area contributed by atoms with Crippen molar-refractivity contribution in [3.8, 4) is 11.8 Å². The molecule has 6 rings (SSSR count). The number of rotatable bonds is 15. The number of alkyl halides is 2. The van der Waals surface area contributed by atoms with Gasteiger partial charge in [-0.1, -0.05) is 13.0 Å². The van der Waals surface area contributed by atoms with E-state index in [4.69, 9.17) is 0 Å². The average molecular weight is 823 g/mol. The minimum Gasteiger partial charge on any atom is -0.432 e. The van der Waals surface area contributed by atoms with E-state index in [0.717, 1.165) is 18.4 Å². The highest BCUT2D eigenvalue weighted by Gasteiger charge is 2.25. The smallest absolute Gasteiger partial charge is 0.387 e. The zero-order chi connectivity index (χ0) is 42.0. The van der Waals surface area contributed by atoms with Crippen LogP contribution >= 0.6 is 0 Å². The van der Waals surface area contributed by atoms with E-state index >= 15 is 0 Å². The van der Waals surface area contributed by atoms with Gasteiger partial charge in [0, 0.05) is 57.5 Å². The fourth-order valence-electron chi connectivity index (χ4n) is 6.66. The van der Waals surface area contributed by atoms with Crippen LogP contribution in [0.3, 0.4) is 0 Å². The van der Waals surface area contributed by atoms with Gasteiger partial charge in [0.2, 0.25) is 12.4 Å². The van der Waals surface area contributed by atoms with E-state index in [1.165, 1.54) is 54.8 Å². The molecule has 0 radical (unpaired) electrons. The normalized spacial score (nSPS) is 16.1. The number of anilines is 2. The lowest BCUT2D eigenvalue weighted by Crippen LogP contribution is -2.40. The Morgan fingerprint density at radius 3 is 2.33 bits per heavy atom. The molecule has 4 aromatic rings. The Morgan fingerprint density at radius 1 is 1.02 bits per heavy atom. The number of nitrogens with one attached hydrogen (secondary N) is 3. The summed E-state index contributed by atoms with van der Waals surface area (Å²) in [5.41, 5.74) is 3.88. The molecule has 4 heterocycles. The summed E-state index contributed by atoms with van der Waals surface area (Å²) in [4.78, 5) is 40.9. The number of benzene rings is 2. The first-order valence-corrected chi connectivity index (χ1v) is 20.2. The predicted molar refractivity (Wildman–Crippen MR) is 218 cm³/mol. The number of halogens is 2. The number of ether oxygens (including phenoxy) is 1. The maximum absolute atomic E-state index is 13.1. The molecule has 2 aromatic heterocycles. The van der Waals surface area contributed by atoms with E-state index in [0.29, 0.717) is 79.6 Å². The molecular weight excluding hydrogens is 771 g/mol. The minimum absolute atomic E-state index is 0.0510. The second kappa shape index (κ2) is 23.1. The zero-order valence-electron chi connectivity index (χ0n) is 33.3. The van der Waals surface area contributed by atoms with Crippen LogP contribution in [0.2, 0.25) is 0 Å². The molecule has 15 nitrogen and oxygen atoms in total. The summed E-state index contributed by atoms with van der Waals surface area (Å²) in [6, 6.07) is 14.1. The van der Waals surface area contributed by atoms with Gasteiger partial charge in [0.15, 0.2) is 11.6 Å². The molecule has 0 bridgehead atoms. The highest BCUT2D eigenvalue weighted by molar-refractivity contribution is 7.82. The maximum atomic E-state index is 13.1. The van der Waals surface area contributed by atoms with Crippen LogP contribution in [-0.4, -0.2) is 112 Å². The first kappa shape index (κ1) is 45.3. The summed E-state index contributed by atoms with van der Waals surface area (Å²) in [6.07, 6.45) is 9.26. The Hall–Kier alpha value is -5.38. The van der Waals surface area contributed by atoms with Gasteiger partial charge in [-0.25, -0.2) is 18.5 Å². The van der Waals surface area contributed by atoms with Crippen molar-refractivity contribution in [2.24, 2.45) is 13.0 Å². The zero-order valence-corrected chi connectivity index (χ0v) is 34.1. The Kier molecular flexibility index (Phi) is 18.1. The fraction of sp³-hybridized carbons (Fsp3) is 0.475. The van der Waals surface area contributed by atoms with Gasteiger partial charge in [-0.3, -0.25) is 9.48 Å². The quantitative estimate of drug-likeness (QED) is 0.111. The van der Waals surface area contributed by atoms with E-state index in [9.17, 15) is 32.6 Å². The molecule has 1 amide bonds. The van der Waals surface area contributed by atoms with Crippen molar-refractivity contribution >= 4 is 52.6 Å². The van der Waals surface area contributed by atoms with E-state index < -0.39 is 17.6 Å². The van der Waals surface area contributed by atoms with Gasteiger partial charge in [0.1, 0.15) is 23.6 Å². The van der Waals surface area contributed by atoms with Gasteiger partial charge in [-0.2, -0.15) is 19.1 Å². The van der Waals surface area contributed by atoms with Crippen molar-refractivity contribution in [2.75, 3.05) is 57.5 Å². The van der Waals surface area contributed by atoms with Crippen LogP contribution in [0, 0.1) is 17.2 Å². The molecule has 3 N–H and O–H groups in total. The van der Waals surface area contributed by atoms with Crippen molar-refractivity contribution in [1.29, 1.82) is 5.26 Å². The first-order valence-electron chi connectivity index (χ1n) is 19.1. The highest BCUT2D eigenvalue weighted by atomic mass is 32.2. The van der Waals surface area contributed by atoms with Crippen molar-refractivity contribution in [1.82, 2.24) is 34.3 Å². The number of likely N-dealkylation sites (tertiary alicyclic amines) is 1. The summed E-state index contributed by atoms with van der Waals surface area (Å²) in [5.74, 6) is 1.64. The number of hydrogen-bond donors (Lipinski definition) is 3. The molecule has 312 valence electrons. The van der Waals surface area contributed by atoms with Gasteiger partial charge >= 0.3 is 6.61 Å². The Labute approximate surface area is 340 Å². The number of nitrogens with zero attached hydrogens (tertiary/aromatic N) is 7. The van der Waals surface area contributed by atoms with Gasteiger partial charge in [0.25, 0.3) is 0 Å². The van der Waals surface area contributed by atoms with Gasteiger partial charge in [-0.05, 0) is 99.6 Å². The van der Waals surface area contributed by atoms with Gasteiger partial charge < -0.3 is 35.2 Å². The lowest BCUT2D eigenvalue weighted by molar-refractivity contribution is -0.111. The third kappa shape index (κ3) is 13.4. The Bertz CT molecular complexity index is 1990. The van der Waals surface area contributed by atoms with Gasteiger partial charge in [-0.15, -0.1) is 0 Å². The number of fused-ring (bicyclic) bond motifs is 1. The summed E-state index contributed by atoms with van der Waals surface area (Å²) in [5, 5.41) is 23.7. The fourth-order valence-corrected chi connectivity index (χ4v) is 7.93. The van der Waals surface area contributed by atoms with Gasteiger partial charge in [0.05, 0.1) is 34.4 Å². The van der Waals surface area contributed by atoms with Crippen molar-refractivity contribution < 1.29 is 32.1 Å². The molecule has 58 heavy (non-hydrogen) atoms. The number of aryl methyl sites for hydroxylation is 1. The molecule has 18 heteroatoms. The van der Waals surface area contributed by atoms with Crippen molar-refractivity contribution in [2.45, 2.75) is 68.9 Å². The molecule has 2 aromatic carbocycles. The highest BCUT2D eigenvalue weighted by Crippen LogP contribution is 2.31. The number of aromatic nitrogens is 4. The van der Waals surface area contributed by atoms with Crippen LogP contribution in [0.5, 0.6) is 5.75 Å². The molecular formula is C40H52F2N10O5S. The lowest BCUT2D eigenvalue weighted by atomic mass is 9.89. The van der Waals surface area contributed by atoms with E-state index in [2.05, 4.69) is 72.0 Å². The molecule has 0 aliphatic carbocycles. The number of carbonyl (C=O) groups excluding carboxylic acids is 3. The van der Waals surface area contributed by atoms with Crippen molar-refractivity contribution in [3.63, 3.8) is 0 Å². The summed E-state index contributed by atoms with van der Waals surface area (Å²) in [7, 11) is 4.76. The molecule has 2 unspecified atom stereocenters. The standard InChI is InChI=1S/C21H23F2N5O3S.C15H22N4.C4H7NO2/c1-14(13-29)8-16-9-19(3-2-15(16)10-24)32(30)28-6-4-17(5-7-28)27-21-25-11-18(12-26-21)31-20(22)23;1-16-15-13-5-4-12(10-14(13)19(3)17-15)11-6-8-18(2)9-7-11;6-3-1-2-5-4-7/h2-3,9,11-14,17,20H,4-8H2,1H3,(H,25,26,27);4-5,10-11H,6-9H2,1-3H3,(H,16,17);3-4H,1-2H2,(H,5,7). The molecule has 0 saturated carbocycles. The van der Waals surface area contributed by atoms with Crippen LogP contribution < -0.4 is 20.7 Å². The van der Waals surface area contributed by atoms with E-state index in [1.807, 2.05) is 23.1 Å². The summed E-state index contributed by atoms with van der Waals surface area (Å²) in [6.45, 7) is 2.84. The van der Waals surface area contributed by atoms with Crippen LogP contribution in [0.25, 0.3) is 10.9 Å². The third-order valence-corrected chi connectivity index (χ3v) is 11.3. The number of carbonyl (C=O) groups is 3. The van der Waals surface area contributed by atoms with Crippen LogP contribution in [0.1, 0.15) is 61.6 Å². The number of piperidine rings is 2. The van der Waals surface area contributed by atoms with Crippen molar-refractivity contribution in [3.05, 3.63) is 65.5 Å². The van der Waals surface area contributed by atoms with Crippen LogP contribution in [-0.2, 0) is 38.8 Å². The number of nitriles is 1. The molecule has 2 atom stereocenters. The molecule has 2 saturated heterocycles. The van der Waals surface area contributed by atoms with E-state index in [1.54, 1.807) is 25.1 Å². The molecule has 2 fully saturated rings. The van der Waals surface area contributed by atoms with Crippen LogP contribution in [0.4, 0.5) is 20.5 Å². The number of hydrogen-bond acceptors (Lipinski definition) is 12. The average Bonchev–Trinajstić information content (AvgIpc) is 3.56. The second-order valence-corrected chi connectivity index (χ2v) is 15.6. The Morgan fingerprint density at radius 2 is 1.72 bits per heavy atom.